The average molecular weight is 167 g/mol. The third-order valence-electron chi connectivity index (χ3n) is 1.79. The van der Waals surface area contributed by atoms with Crippen LogP contribution in [0.3, 0.4) is 0 Å². The summed E-state index contributed by atoms with van der Waals surface area (Å²) in [6.45, 7) is 6.46. The van der Waals surface area contributed by atoms with Crippen molar-refractivity contribution in [3.63, 3.8) is 0 Å². The average Bonchev–Trinajstić information content (AvgIpc) is 2.15. The second-order valence-corrected chi connectivity index (χ2v) is 2.74. The maximum Gasteiger partial charge on any atom is 1.00 e. The molecule has 0 fully saturated rings. The first-order valence-electron chi connectivity index (χ1n) is 4.17. The Bertz CT molecular complexity index is 233. The molecule has 0 aromatic heterocycles. The fraction of sp³-hybridized carbons (Fsp3) is 0.273. The van der Waals surface area contributed by atoms with Gasteiger partial charge in [0.05, 0.1) is 0 Å². The van der Waals surface area contributed by atoms with Gasteiger partial charge >= 0.3 is 18.9 Å². The van der Waals surface area contributed by atoms with Crippen LogP contribution < -0.4 is 18.9 Å². The monoisotopic (exact) mass is 167 g/mol. The van der Waals surface area contributed by atoms with Crippen molar-refractivity contribution in [2.24, 2.45) is 0 Å². The number of benzene rings is 1. The zero-order valence-electron chi connectivity index (χ0n) is 8.40. The molecule has 13 heavy (non-hydrogen) atoms. The van der Waals surface area contributed by atoms with Gasteiger partial charge in [-0.2, -0.15) is 0 Å². The Morgan fingerprint density at radius 2 is 2.00 bits per heavy atom. The van der Waals surface area contributed by atoms with Crippen LogP contribution in [0.5, 0.6) is 0 Å². The van der Waals surface area contributed by atoms with Gasteiger partial charge < -0.3 is 5.32 Å². The summed E-state index contributed by atoms with van der Waals surface area (Å²) in [5, 5.41) is 4.39. The van der Waals surface area contributed by atoms with Gasteiger partial charge in [-0.25, -0.2) is 0 Å². The Balaban J connectivity index is 0.00000144. The van der Waals surface area contributed by atoms with Gasteiger partial charge in [-0.05, 0) is 0 Å². The molecule has 0 radical (unpaired) electrons. The second kappa shape index (κ2) is 6.97. The van der Waals surface area contributed by atoms with Gasteiger partial charge in [-0.1, -0.05) is 42.8 Å². The molecule has 0 N–H and O–H groups in total. The van der Waals surface area contributed by atoms with Gasteiger partial charge in [0.1, 0.15) is 0 Å². The van der Waals surface area contributed by atoms with Crippen molar-refractivity contribution in [2.75, 3.05) is 6.54 Å². The Morgan fingerprint density at radius 3 is 2.54 bits per heavy atom. The molecule has 1 nitrogen and oxygen atoms in total. The summed E-state index contributed by atoms with van der Waals surface area (Å²) >= 11 is 0. The van der Waals surface area contributed by atoms with Gasteiger partial charge in [0.15, 0.2) is 0 Å². The molecule has 0 aliphatic heterocycles. The predicted molar refractivity (Wildman–Crippen MR) is 53.3 cm³/mol. The van der Waals surface area contributed by atoms with E-state index in [4.69, 9.17) is 0 Å². The summed E-state index contributed by atoms with van der Waals surface area (Å²) in [4.78, 5) is 0. The maximum absolute atomic E-state index is 4.39. The van der Waals surface area contributed by atoms with E-state index in [1.165, 1.54) is 5.56 Å². The fourth-order valence-corrected chi connectivity index (χ4v) is 1.07. The van der Waals surface area contributed by atoms with Gasteiger partial charge in [-0.3, -0.25) is 0 Å². The van der Waals surface area contributed by atoms with Crippen LogP contribution in [0.15, 0.2) is 43.0 Å². The molecule has 1 unspecified atom stereocenters. The third kappa shape index (κ3) is 4.33. The molecule has 0 aliphatic rings. The third-order valence-corrected chi connectivity index (χ3v) is 1.79. The molecule has 1 atom stereocenters. The normalized spacial score (nSPS) is 11.5. The Hall–Kier alpha value is -0.483. The minimum atomic E-state index is 0. The number of rotatable bonds is 4. The molecule has 0 spiro atoms. The van der Waals surface area contributed by atoms with Gasteiger partial charge in [0, 0.05) is 0 Å². The summed E-state index contributed by atoms with van der Waals surface area (Å²) in [6, 6.07) is 10.6. The molecule has 0 heterocycles. The number of hydrogen-bond donors (Lipinski definition) is 0. The maximum atomic E-state index is 4.39. The van der Waals surface area contributed by atoms with E-state index < -0.39 is 0 Å². The molecule has 0 saturated heterocycles. The zero-order chi connectivity index (χ0) is 8.81. The molecule has 0 amide bonds. The van der Waals surface area contributed by atoms with Gasteiger partial charge in [0.2, 0.25) is 0 Å². The van der Waals surface area contributed by atoms with E-state index in [-0.39, 0.29) is 24.9 Å². The van der Waals surface area contributed by atoms with Crippen molar-refractivity contribution in [2.45, 2.75) is 13.0 Å². The van der Waals surface area contributed by atoms with Crippen LogP contribution in [0, 0.1) is 0 Å². The van der Waals surface area contributed by atoms with Gasteiger partial charge in [-0.15, -0.1) is 25.2 Å². The number of hydrogen-bond acceptors (Lipinski definition) is 0. The van der Waals surface area contributed by atoms with E-state index in [1.807, 2.05) is 24.3 Å². The molecule has 1 aromatic carbocycles. The summed E-state index contributed by atoms with van der Waals surface area (Å²) in [5.74, 6) is 0. The molecular weight excluding hydrogens is 153 g/mol. The summed E-state index contributed by atoms with van der Waals surface area (Å²) < 4.78 is 0. The summed E-state index contributed by atoms with van der Waals surface area (Å²) in [6.07, 6.45) is 1.82. The second-order valence-electron chi connectivity index (χ2n) is 2.74. The van der Waals surface area contributed by atoms with Gasteiger partial charge in [0.25, 0.3) is 0 Å². The van der Waals surface area contributed by atoms with Crippen LogP contribution in [0.4, 0.5) is 0 Å². The SMILES string of the molecule is C=CC[N-]C(C)c1ccccc1.[Li+]. The van der Waals surface area contributed by atoms with Crippen molar-refractivity contribution in [1.82, 2.24) is 0 Å². The van der Waals surface area contributed by atoms with Crippen molar-refractivity contribution >= 4 is 0 Å². The van der Waals surface area contributed by atoms with Crippen molar-refractivity contribution in [3.8, 4) is 0 Å². The minimum absolute atomic E-state index is 0. The molecule has 1 aromatic rings. The summed E-state index contributed by atoms with van der Waals surface area (Å²) in [5.41, 5.74) is 1.26. The Labute approximate surface area is 92.4 Å². The molecule has 0 aliphatic carbocycles. The van der Waals surface area contributed by atoms with Crippen LogP contribution in [0.25, 0.3) is 5.32 Å². The molecule has 2 heteroatoms. The molecule has 1 rings (SSSR count). The van der Waals surface area contributed by atoms with E-state index in [2.05, 4.69) is 31.0 Å². The summed E-state index contributed by atoms with van der Waals surface area (Å²) in [7, 11) is 0. The largest absolute Gasteiger partial charge is 1.00 e. The first kappa shape index (κ1) is 12.5. The van der Waals surface area contributed by atoms with Crippen LogP contribution in [-0.2, 0) is 0 Å². The quantitative estimate of drug-likeness (QED) is 0.452. The molecule has 64 valence electrons. The minimum Gasteiger partial charge on any atom is -0.653 e. The van der Waals surface area contributed by atoms with E-state index in [0.29, 0.717) is 0 Å². The standard InChI is InChI=1S/C11H14N.Li/c1-3-9-12-10(2)11-7-5-4-6-8-11;/h3-8,10H,1,9H2,2H3;/q-1;+1. The predicted octanol–water partition coefficient (Wildman–Crippen LogP) is 0.311. The fourth-order valence-electron chi connectivity index (χ4n) is 1.07. The van der Waals surface area contributed by atoms with Crippen molar-refractivity contribution < 1.29 is 18.9 Å². The molecular formula is C11H14LiN. The molecule has 0 saturated carbocycles. The van der Waals surface area contributed by atoms with Crippen LogP contribution in [0.1, 0.15) is 18.5 Å². The Morgan fingerprint density at radius 1 is 1.38 bits per heavy atom. The van der Waals surface area contributed by atoms with Crippen LogP contribution in [0.2, 0.25) is 0 Å². The first-order chi connectivity index (χ1) is 5.84. The topological polar surface area (TPSA) is 14.1 Å². The first-order valence-corrected chi connectivity index (χ1v) is 4.17. The molecule has 0 bridgehead atoms. The Kier molecular flexibility index (Phi) is 6.71. The number of nitrogens with zero attached hydrogens (tertiary/aromatic N) is 1. The van der Waals surface area contributed by atoms with E-state index in [1.54, 1.807) is 0 Å². The van der Waals surface area contributed by atoms with Crippen molar-refractivity contribution in [3.05, 3.63) is 53.9 Å². The zero-order valence-corrected chi connectivity index (χ0v) is 8.40. The smallest absolute Gasteiger partial charge is 0.653 e. The van der Waals surface area contributed by atoms with E-state index in [9.17, 15) is 0 Å². The van der Waals surface area contributed by atoms with Crippen LogP contribution in [-0.4, -0.2) is 6.54 Å². The van der Waals surface area contributed by atoms with E-state index >= 15 is 0 Å². The van der Waals surface area contributed by atoms with E-state index in [0.717, 1.165) is 6.54 Å². The van der Waals surface area contributed by atoms with Crippen LogP contribution >= 0.6 is 0 Å². The van der Waals surface area contributed by atoms with Crippen molar-refractivity contribution in [1.29, 1.82) is 0 Å².